The van der Waals surface area contributed by atoms with Gasteiger partial charge in [-0.25, -0.2) is 0 Å². The van der Waals surface area contributed by atoms with Crippen molar-refractivity contribution in [1.82, 2.24) is 4.90 Å². The average molecular weight is 266 g/mol. The van der Waals surface area contributed by atoms with Crippen LogP contribution in [0, 0.1) is 23.7 Å². The zero-order valence-electron chi connectivity index (χ0n) is 13.4. The van der Waals surface area contributed by atoms with Crippen LogP contribution < -0.4 is 5.73 Å². The number of nitrogens with zero attached hydrogens (tertiary/aromatic N) is 1. The Morgan fingerprint density at radius 1 is 1.00 bits per heavy atom. The van der Waals surface area contributed by atoms with Gasteiger partial charge in [0, 0.05) is 25.2 Å². The lowest BCUT2D eigenvalue weighted by atomic mass is 9.78. The minimum atomic E-state index is 0.475. The molecule has 0 spiro atoms. The highest BCUT2D eigenvalue weighted by molar-refractivity contribution is 4.95. The van der Waals surface area contributed by atoms with E-state index >= 15 is 0 Å². The topological polar surface area (TPSA) is 29.3 Å². The van der Waals surface area contributed by atoms with Crippen LogP contribution in [-0.2, 0) is 0 Å². The van der Waals surface area contributed by atoms with E-state index in [0.717, 1.165) is 29.7 Å². The van der Waals surface area contributed by atoms with Crippen molar-refractivity contribution in [2.75, 3.05) is 13.1 Å². The van der Waals surface area contributed by atoms with E-state index in [1.165, 1.54) is 45.2 Å². The molecule has 2 aliphatic rings. The van der Waals surface area contributed by atoms with Gasteiger partial charge < -0.3 is 5.73 Å². The summed E-state index contributed by atoms with van der Waals surface area (Å²) in [7, 11) is 0. The Balaban J connectivity index is 1.98. The molecule has 2 fully saturated rings. The molecule has 0 aromatic carbocycles. The second-order valence-electron chi connectivity index (χ2n) is 7.89. The van der Waals surface area contributed by atoms with Crippen molar-refractivity contribution in [3.63, 3.8) is 0 Å². The zero-order chi connectivity index (χ0) is 14.0. The van der Waals surface area contributed by atoms with Gasteiger partial charge >= 0.3 is 0 Å². The Morgan fingerprint density at radius 3 is 2.16 bits per heavy atom. The summed E-state index contributed by atoms with van der Waals surface area (Å²) in [4.78, 5) is 2.79. The molecule has 0 aromatic heterocycles. The van der Waals surface area contributed by atoms with E-state index in [4.69, 9.17) is 5.73 Å². The first-order chi connectivity index (χ1) is 8.97. The number of nitrogens with two attached hydrogens (primary N) is 1. The first-order valence-corrected chi connectivity index (χ1v) is 8.47. The Morgan fingerprint density at radius 2 is 1.63 bits per heavy atom. The summed E-state index contributed by atoms with van der Waals surface area (Å²) in [5, 5.41) is 0. The van der Waals surface area contributed by atoms with E-state index in [-0.39, 0.29) is 0 Å². The van der Waals surface area contributed by atoms with Gasteiger partial charge in [0.25, 0.3) is 0 Å². The lowest BCUT2D eigenvalue weighted by Crippen LogP contribution is -2.39. The smallest absolute Gasteiger partial charge is 0.0100 e. The van der Waals surface area contributed by atoms with Crippen LogP contribution in [0.15, 0.2) is 0 Å². The standard InChI is InChI=1S/C17H34N2/c1-12(2)8-15(9-13(3)4)19-10-14-6-5-7-17(18)16(14)11-19/h12-17H,5-11,18H2,1-4H3. The normalized spacial score (nSPS) is 32.5. The molecule has 19 heavy (non-hydrogen) atoms. The highest BCUT2D eigenvalue weighted by Gasteiger charge is 2.40. The molecule has 0 aromatic rings. The fourth-order valence-electron chi connectivity index (χ4n) is 4.33. The summed E-state index contributed by atoms with van der Waals surface area (Å²) < 4.78 is 0. The molecule has 0 bridgehead atoms. The number of likely N-dealkylation sites (tertiary alicyclic amines) is 1. The first kappa shape index (κ1) is 15.3. The van der Waals surface area contributed by atoms with Crippen molar-refractivity contribution >= 4 is 0 Å². The van der Waals surface area contributed by atoms with Gasteiger partial charge in [0.1, 0.15) is 0 Å². The van der Waals surface area contributed by atoms with Crippen molar-refractivity contribution in [3.8, 4) is 0 Å². The van der Waals surface area contributed by atoms with Gasteiger partial charge in [-0.3, -0.25) is 4.90 Å². The maximum Gasteiger partial charge on any atom is 0.0100 e. The molecular weight excluding hydrogens is 232 g/mol. The third kappa shape index (κ3) is 3.95. The van der Waals surface area contributed by atoms with Gasteiger partial charge in [-0.05, 0) is 49.4 Å². The van der Waals surface area contributed by atoms with Crippen molar-refractivity contribution in [3.05, 3.63) is 0 Å². The largest absolute Gasteiger partial charge is 0.327 e. The zero-order valence-corrected chi connectivity index (χ0v) is 13.4. The lowest BCUT2D eigenvalue weighted by Gasteiger charge is -2.31. The van der Waals surface area contributed by atoms with E-state index in [2.05, 4.69) is 32.6 Å². The van der Waals surface area contributed by atoms with Gasteiger partial charge in [0.2, 0.25) is 0 Å². The van der Waals surface area contributed by atoms with Crippen LogP contribution in [0.4, 0.5) is 0 Å². The van der Waals surface area contributed by atoms with Crippen LogP contribution in [0.1, 0.15) is 59.8 Å². The summed E-state index contributed by atoms with van der Waals surface area (Å²) in [5.74, 6) is 3.29. The number of fused-ring (bicyclic) bond motifs is 1. The second-order valence-corrected chi connectivity index (χ2v) is 7.89. The first-order valence-electron chi connectivity index (χ1n) is 8.47. The van der Waals surface area contributed by atoms with Gasteiger partial charge in [-0.1, -0.05) is 34.1 Å². The van der Waals surface area contributed by atoms with E-state index in [0.29, 0.717) is 6.04 Å². The van der Waals surface area contributed by atoms with Crippen molar-refractivity contribution in [2.24, 2.45) is 29.4 Å². The average Bonchev–Trinajstić information content (AvgIpc) is 2.72. The Labute approximate surface area is 120 Å². The Hall–Kier alpha value is -0.0800. The van der Waals surface area contributed by atoms with Crippen molar-refractivity contribution < 1.29 is 0 Å². The number of hydrogen-bond donors (Lipinski definition) is 1. The molecule has 1 aliphatic heterocycles. The second kappa shape index (κ2) is 6.58. The Kier molecular flexibility index (Phi) is 5.30. The van der Waals surface area contributed by atoms with Crippen LogP contribution in [0.2, 0.25) is 0 Å². The van der Waals surface area contributed by atoms with Gasteiger partial charge in [0.15, 0.2) is 0 Å². The van der Waals surface area contributed by atoms with E-state index < -0.39 is 0 Å². The molecule has 1 aliphatic carbocycles. The molecule has 2 heteroatoms. The van der Waals surface area contributed by atoms with Crippen LogP contribution in [-0.4, -0.2) is 30.1 Å². The van der Waals surface area contributed by atoms with Crippen molar-refractivity contribution in [2.45, 2.75) is 71.9 Å². The SMILES string of the molecule is CC(C)CC(CC(C)C)N1CC2CCCC(N)C2C1. The van der Waals surface area contributed by atoms with Crippen LogP contribution in [0.25, 0.3) is 0 Å². The third-order valence-corrected chi connectivity index (χ3v) is 5.19. The summed E-state index contributed by atoms with van der Waals surface area (Å²) in [6.07, 6.45) is 6.74. The molecule has 2 nitrogen and oxygen atoms in total. The van der Waals surface area contributed by atoms with Gasteiger partial charge in [-0.15, -0.1) is 0 Å². The molecule has 1 saturated heterocycles. The predicted octanol–water partition coefficient (Wildman–Crippen LogP) is 3.51. The Bertz CT molecular complexity index is 264. The minimum absolute atomic E-state index is 0.475. The summed E-state index contributed by atoms with van der Waals surface area (Å²) in [5.41, 5.74) is 6.36. The summed E-state index contributed by atoms with van der Waals surface area (Å²) >= 11 is 0. The van der Waals surface area contributed by atoms with Gasteiger partial charge in [-0.2, -0.15) is 0 Å². The lowest BCUT2D eigenvalue weighted by molar-refractivity contribution is 0.176. The highest BCUT2D eigenvalue weighted by atomic mass is 15.2. The molecule has 1 heterocycles. The fourth-order valence-corrected chi connectivity index (χ4v) is 4.33. The van der Waals surface area contributed by atoms with Crippen LogP contribution >= 0.6 is 0 Å². The van der Waals surface area contributed by atoms with E-state index in [9.17, 15) is 0 Å². The maximum atomic E-state index is 6.36. The highest BCUT2D eigenvalue weighted by Crippen LogP contribution is 2.37. The summed E-state index contributed by atoms with van der Waals surface area (Å²) in [6, 6.07) is 1.26. The third-order valence-electron chi connectivity index (χ3n) is 5.19. The van der Waals surface area contributed by atoms with Crippen LogP contribution in [0.3, 0.4) is 0 Å². The van der Waals surface area contributed by atoms with Crippen LogP contribution in [0.5, 0.6) is 0 Å². The predicted molar refractivity (Wildman–Crippen MR) is 83.1 cm³/mol. The molecule has 3 unspecified atom stereocenters. The van der Waals surface area contributed by atoms with Crippen molar-refractivity contribution in [1.29, 1.82) is 0 Å². The molecule has 0 radical (unpaired) electrons. The summed E-state index contributed by atoms with van der Waals surface area (Å²) in [6.45, 7) is 12.0. The van der Waals surface area contributed by atoms with E-state index in [1.54, 1.807) is 0 Å². The fraction of sp³-hybridized carbons (Fsp3) is 1.00. The molecule has 0 amide bonds. The molecule has 3 atom stereocenters. The molecule has 2 N–H and O–H groups in total. The molecule has 2 rings (SSSR count). The quantitative estimate of drug-likeness (QED) is 0.825. The maximum absolute atomic E-state index is 6.36. The monoisotopic (exact) mass is 266 g/mol. The molecular formula is C17H34N2. The van der Waals surface area contributed by atoms with E-state index in [1.807, 2.05) is 0 Å². The minimum Gasteiger partial charge on any atom is -0.327 e. The number of hydrogen-bond acceptors (Lipinski definition) is 2. The molecule has 112 valence electrons. The molecule has 1 saturated carbocycles. The number of rotatable bonds is 5. The van der Waals surface area contributed by atoms with Gasteiger partial charge in [0.05, 0.1) is 0 Å².